The molecule has 0 aromatic heterocycles. The van der Waals surface area contributed by atoms with Crippen molar-refractivity contribution in [2.75, 3.05) is 13.1 Å². The summed E-state index contributed by atoms with van der Waals surface area (Å²) in [7, 11) is 0. The van der Waals surface area contributed by atoms with Crippen LogP contribution in [0, 0.1) is 11.8 Å². The van der Waals surface area contributed by atoms with Gasteiger partial charge in [0.15, 0.2) is 0 Å². The van der Waals surface area contributed by atoms with Gasteiger partial charge >= 0.3 is 0 Å². The summed E-state index contributed by atoms with van der Waals surface area (Å²) >= 11 is 0. The Hall–Kier alpha value is -0.710. The minimum atomic E-state index is -2.60. The minimum absolute atomic E-state index is 0.0334. The normalized spacial score (nSPS) is 34.6. The molecule has 3 unspecified atom stereocenters. The van der Waals surface area contributed by atoms with E-state index in [2.05, 4.69) is 0 Å². The van der Waals surface area contributed by atoms with E-state index in [1.807, 2.05) is 0 Å². The fourth-order valence-corrected chi connectivity index (χ4v) is 2.90. The number of likely N-dealkylation sites (tertiary alicyclic amines) is 1. The third kappa shape index (κ3) is 1.93. The van der Waals surface area contributed by atoms with E-state index in [1.165, 1.54) is 4.90 Å². The molecule has 1 aliphatic heterocycles. The molecule has 0 bridgehead atoms. The van der Waals surface area contributed by atoms with Crippen LogP contribution < -0.4 is 5.73 Å². The van der Waals surface area contributed by atoms with E-state index in [0.29, 0.717) is 13.0 Å². The van der Waals surface area contributed by atoms with Gasteiger partial charge in [-0.05, 0) is 25.7 Å². The van der Waals surface area contributed by atoms with Crippen molar-refractivity contribution in [2.45, 2.75) is 38.2 Å². The average Bonchev–Trinajstić information content (AvgIpc) is 2.61. The van der Waals surface area contributed by atoms with Gasteiger partial charge in [-0.25, -0.2) is 8.78 Å². The number of hydrogen-bond donors (Lipinski definition) is 1. The van der Waals surface area contributed by atoms with E-state index in [9.17, 15) is 13.6 Å². The molecule has 0 radical (unpaired) electrons. The van der Waals surface area contributed by atoms with Gasteiger partial charge in [0.25, 0.3) is 5.92 Å². The molecule has 5 heteroatoms. The largest absolute Gasteiger partial charge is 0.341 e. The molecule has 1 saturated carbocycles. The molecule has 2 aliphatic rings. The van der Waals surface area contributed by atoms with Crippen molar-refractivity contribution in [1.82, 2.24) is 4.90 Å². The van der Waals surface area contributed by atoms with Crippen LogP contribution >= 0.6 is 0 Å². The van der Waals surface area contributed by atoms with Crippen LogP contribution in [-0.4, -0.2) is 35.9 Å². The molecule has 3 atom stereocenters. The number of nitrogens with zero attached hydrogens (tertiary/aromatic N) is 1. The third-order valence-electron chi connectivity index (χ3n) is 3.77. The standard InChI is InChI=1S/C11H18F2N2O/c1-7(14)10(16)15-5-8-3-2-4-11(12,13)9(8)6-15/h7-9H,2-6,14H2,1H3. The zero-order chi connectivity index (χ0) is 11.9. The van der Waals surface area contributed by atoms with Crippen molar-refractivity contribution in [2.24, 2.45) is 17.6 Å². The number of fused-ring (bicyclic) bond motifs is 1. The lowest BCUT2D eigenvalue weighted by Gasteiger charge is -2.32. The van der Waals surface area contributed by atoms with Crippen LogP contribution in [0.5, 0.6) is 0 Å². The molecule has 1 aliphatic carbocycles. The van der Waals surface area contributed by atoms with Crippen LogP contribution in [0.3, 0.4) is 0 Å². The van der Waals surface area contributed by atoms with Gasteiger partial charge in [-0.3, -0.25) is 4.79 Å². The predicted octanol–water partition coefficient (Wildman–Crippen LogP) is 1.23. The molecule has 1 heterocycles. The number of halogens is 2. The van der Waals surface area contributed by atoms with Gasteiger partial charge in [-0.15, -0.1) is 0 Å². The highest BCUT2D eigenvalue weighted by Crippen LogP contribution is 2.45. The zero-order valence-corrected chi connectivity index (χ0v) is 9.46. The Morgan fingerprint density at radius 2 is 2.19 bits per heavy atom. The van der Waals surface area contributed by atoms with E-state index < -0.39 is 17.9 Å². The summed E-state index contributed by atoms with van der Waals surface area (Å²) in [5, 5.41) is 0. The molecular formula is C11H18F2N2O. The summed E-state index contributed by atoms with van der Waals surface area (Å²) in [5.41, 5.74) is 5.49. The van der Waals surface area contributed by atoms with Gasteiger partial charge in [-0.1, -0.05) is 0 Å². The number of hydrogen-bond acceptors (Lipinski definition) is 2. The van der Waals surface area contributed by atoms with Crippen molar-refractivity contribution >= 4 is 5.91 Å². The highest BCUT2D eigenvalue weighted by Gasteiger charge is 2.51. The number of carbonyl (C=O) groups is 1. The van der Waals surface area contributed by atoms with Crippen LogP contribution in [0.1, 0.15) is 26.2 Å². The number of rotatable bonds is 1. The molecule has 92 valence electrons. The lowest BCUT2D eigenvalue weighted by molar-refractivity contribution is -0.132. The van der Waals surface area contributed by atoms with Gasteiger partial charge < -0.3 is 10.6 Å². The molecular weight excluding hydrogens is 214 g/mol. The van der Waals surface area contributed by atoms with Crippen LogP contribution in [0.2, 0.25) is 0 Å². The third-order valence-corrected chi connectivity index (χ3v) is 3.77. The van der Waals surface area contributed by atoms with Gasteiger partial charge in [0, 0.05) is 25.4 Å². The van der Waals surface area contributed by atoms with Crippen molar-refractivity contribution in [3.05, 3.63) is 0 Å². The zero-order valence-electron chi connectivity index (χ0n) is 9.46. The number of carbonyl (C=O) groups excluding carboxylic acids is 1. The summed E-state index contributed by atoms with van der Waals surface area (Å²) in [6.45, 7) is 2.24. The van der Waals surface area contributed by atoms with E-state index in [-0.39, 0.29) is 24.8 Å². The van der Waals surface area contributed by atoms with Crippen LogP contribution in [0.15, 0.2) is 0 Å². The highest BCUT2D eigenvalue weighted by molar-refractivity contribution is 5.81. The quantitative estimate of drug-likeness (QED) is 0.739. The maximum atomic E-state index is 13.6. The van der Waals surface area contributed by atoms with E-state index in [1.54, 1.807) is 6.92 Å². The second kappa shape index (κ2) is 3.95. The second-order valence-corrected chi connectivity index (χ2v) is 5.05. The Bertz CT molecular complexity index is 294. The summed E-state index contributed by atoms with van der Waals surface area (Å²) in [6.07, 6.45) is 1.34. The number of alkyl halides is 2. The van der Waals surface area contributed by atoms with Gasteiger partial charge in [0.05, 0.1) is 6.04 Å². The molecule has 0 spiro atoms. The van der Waals surface area contributed by atoms with Crippen LogP contribution in [0.25, 0.3) is 0 Å². The lowest BCUT2D eigenvalue weighted by Crippen LogP contribution is -2.42. The number of amides is 1. The predicted molar refractivity (Wildman–Crippen MR) is 56.0 cm³/mol. The van der Waals surface area contributed by atoms with E-state index in [0.717, 1.165) is 6.42 Å². The van der Waals surface area contributed by atoms with E-state index in [4.69, 9.17) is 5.73 Å². The first-order valence-electron chi connectivity index (χ1n) is 5.84. The van der Waals surface area contributed by atoms with Crippen LogP contribution in [0.4, 0.5) is 8.78 Å². The maximum absolute atomic E-state index is 13.6. The van der Waals surface area contributed by atoms with Gasteiger partial charge in [0.1, 0.15) is 0 Å². The molecule has 2 rings (SSSR count). The molecule has 0 aromatic rings. The van der Waals surface area contributed by atoms with Crippen molar-refractivity contribution in [3.63, 3.8) is 0 Å². The summed E-state index contributed by atoms with van der Waals surface area (Å²) in [4.78, 5) is 13.2. The first-order valence-corrected chi connectivity index (χ1v) is 5.84. The molecule has 3 nitrogen and oxygen atoms in total. The fraction of sp³-hybridized carbons (Fsp3) is 0.909. The summed E-state index contributed by atoms with van der Waals surface area (Å²) < 4.78 is 27.3. The monoisotopic (exact) mass is 232 g/mol. The van der Waals surface area contributed by atoms with Crippen LogP contribution in [-0.2, 0) is 4.79 Å². The van der Waals surface area contributed by atoms with E-state index >= 15 is 0 Å². The average molecular weight is 232 g/mol. The molecule has 1 amide bonds. The second-order valence-electron chi connectivity index (χ2n) is 5.05. The first-order chi connectivity index (χ1) is 7.42. The number of nitrogens with two attached hydrogens (primary N) is 1. The Morgan fingerprint density at radius 1 is 1.50 bits per heavy atom. The Morgan fingerprint density at radius 3 is 2.75 bits per heavy atom. The molecule has 0 aromatic carbocycles. The highest BCUT2D eigenvalue weighted by atomic mass is 19.3. The van der Waals surface area contributed by atoms with Gasteiger partial charge in [-0.2, -0.15) is 0 Å². The topological polar surface area (TPSA) is 46.3 Å². The molecule has 2 N–H and O–H groups in total. The summed E-state index contributed by atoms with van der Waals surface area (Å²) in [5.74, 6) is -3.49. The molecule has 16 heavy (non-hydrogen) atoms. The SMILES string of the molecule is CC(N)C(=O)N1CC2CCCC(F)(F)C2C1. The first kappa shape index (κ1) is 11.8. The Balaban J connectivity index is 2.08. The smallest absolute Gasteiger partial charge is 0.252 e. The van der Waals surface area contributed by atoms with Crippen molar-refractivity contribution in [3.8, 4) is 0 Å². The minimum Gasteiger partial charge on any atom is -0.341 e. The fourth-order valence-electron chi connectivity index (χ4n) is 2.90. The Kier molecular flexibility index (Phi) is 2.90. The van der Waals surface area contributed by atoms with Crippen molar-refractivity contribution < 1.29 is 13.6 Å². The summed E-state index contributed by atoms with van der Waals surface area (Å²) in [6, 6.07) is -0.589. The Labute approximate surface area is 94.0 Å². The van der Waals surface area contributed by atoms with Crippen molar-refractivity contribution in [1.29, 1.82) is 0 Å². The molecule has 2 fully saturated rings. The van der Waals surface area contributed by atoms with Gasteiger partial charge in [0.2, 0.25) is 5.91 Å². The lowest BCUT2D eigenvalue weighted by atomic mass is 9.79. The maximum Gasteiger partial charge on any atom is 0.252 e. The molecule has 1 saturated heterocycles.